The molecule has 0 saturated heterocycles. The lowest BCUT2D eigenvalue weighted by Crippen LogP contribution is -1.99. The largest absolute Gasteiger partial charge is 0.497 e. The van der Waals surface area contributed by atoms with Crippen molar-refractivity contribution in [3.8, 4) is 11.5 Å². The lowest BCUT2D eigenvalue weighted by atomic mass is 10.2. The van der Waals surface area contributed by atoms with Crippen LogP contribution in [0.2, 0.25) is 0 Å². The summed E-state index contributed by atoms with van der Waals surface area (Å²) in [7, 11) is 3.12. The van der Waals surface area contributed by atoms with E-state index in [9.17, 15) is 10.1 Å². The lowest BCUT2D eigenvalue weighted by Gasteiger charge is -2.13. The lowest BCUT2D eigenvalue weighted by molar-refractivity contribution is -0.383. The fraction of sp³-hybridized carbons (Fsp3) is 0.143. The molecular weight excluding hydrogens is 274 g/mol. The summed E-state index contributed by atoms with van der Waals surface area (Å²) in [5, 5.41) is 13.8. The number of nitrogen functional groups attached to an aromatic ring is 1. The number of nitro benzene ring substituents is 1. The predicted molar refractivity (Wildman–Crippen MR) is 80.3 cm³/mol. The van der Waals surface area contributed by atoms with Gasteiger partial charge in [-0.05, 0) is 24.3 Å². The number of ether oxygens (including phenoxy) is 2. The summed E-state index contributed by atoms with van der Waals surface area (Å²) in [5.74, 6) is 1.28. The average molecular weight is 289 g/mol. The SMILES string of the molecule is COc1ccc(OC)c(Nc2ccc([N+](=O)[O-])c(N)c2)c1. The second kappa shape index (κ2) is 6.00. The maximum Gasteiger partial charge on any atom is 0.292 e. The molecule has 0 heterocycles. The van der Waals surface area contributed by atoms with Crippen LogP contribution in [-0.4, -0.2) is 19.1 Å². The van der Waals surface area contributed by atoms with Gasteiger partial charge in [0.2, 0.25) is 0 Å². The van der Waals surface area contributed by atoms with Crippen LogP contribution in [0.4, 0.5) is 22.7 Å². The summed E-state index contributed by atoms with van der Waals surface area (Å²) in [6.07, 6.45) is 0. The Hall–Kier alpha value is -2.96. The number of nitrogens with two attached hydrogens (primary N) is 1. The van der Waals surface area contributed by atoms with Crippen LogP contribution in [0.1, 0.15) is 0 Å². The zero-order valence-electron chi connectivity index (χ0n) is 11.6. The van der Waals surface area contributed by atoms with Crippen LogP contribution in [0.5, 0.6) is 11.5 Å². The first-order chi connectivity index (χ1) is 10.0. The van der Waals surface area contributed by atoms with Crippen LogP contribution in [0.15, 0.2) is 36.4 Å². The Morgan fingerprint density at radius 3 is 2.48 bits per heavy atom. The van der Waals surface area contributed by atoms with E-state index in [0.717, 1.165) is 0 Å². The summed E-state index contributed by atoms with van der Waals surface area (Å²) < 4.78 is 10.4. The zero-order valence-corrected chi connectivity index (χ0v) is 11.6. The van der Waals surface area contributed by atoms with Gasteiger partial charge in [0.25, 0.3) is 5.69 Å². The van der Waals surface area contributed by atoms with Crippen molar-refractivity contribution in [2.45, 2.75) is 0 Å². The van der Waals surface area contributed by atoms with E-state index >= 15 is 0 Å². The fourth-order valence-corrected chi connectivity index (χ4v) is 1.87. The highest BCUT2D eigenvalue weighted by Gasteiger charge is 2.12. The Balaban J connectivity index is 2.33. The van der Waals surface area contributed by atoms with E-state index in [-0.39, 0.29) is 11.4 Å². The molecule has 2 aromatic rings. The smallest absolute Gasteiger partial charge is 0.292 e. The number of hydrogen-bond acceptors (Lipinski definition) is 6. The van der Waals surface area contributed by atoms with E-state index in [2.05, 4.69) is 5.32 Å². The minimum atomic E-state index is -0.523. The van der Waals surface area contributed by atoms with Crippen molar-refractivity contribution in [3.63, 3.8) is 0 Å². The average Bonchev–Trinajstić information content (AvgIpc) is 2.46. The van der Waals surface area contributed by atoms with Crippen molar-refractivity contribution in [1.82, 2.24) is 0 Å². The van der Waals surface area contributed by atoms with Crippen molar-refractivity contribution in [1.29, 1.82) is 0 Å². The zero-order chi connectivity index (χ0) is 15.4. The van der Waals surface area contributed by atoms with Gasteiger partial charge in [-0.25, -0.2) is 0 Å². The van der Waals surface area contributed by atoms with Crippen molar-refractivity contribution in [2.75, 3.05) is 25.3 Å². The standard InChI is InChI=1S/C14H15N3O4/c1-20-10-4-6-14(21-2)12(8-10)16-9-3-5-13(17(18)19)11(15)7-9/h3-8,16H,15H2,1-2H3. The van der Waals surface area contributed by atoms with Crippen molar-refractivity contribution in [3.05, 3.63) is 46.5 Å². The van der Waals surface area contributed by atoms with Gasteiger partial charge in [0.05, 0.1) is 24.8 Å². The number of methoxy groups -OCH3 is 2. The molecule has 2 aromatic carbocycles. The highest BCUT2D eigenvalue weighted by molar-refractivity contribution is 5.73. The topological polar surface area (TPSA) is 99.6 Å². The van der Waals surface area contributed by atoms with Gasteiger partial charge >= 0.3 is 0 Å². The molecule has 0 amide bonds. The molecule has 0 aromatic heterocycles. The molecule has 110 valence electrons. The summed E-state index contributed by atoms with van der Waals surface area (Å²) in [6.45, 7) is 0. The molecule has 0 aliphatic heterocycles. The van der Waals surface area contributed by atoms with Gasteiger partial charge in [0.15, 0.2) is 0 Å². The van der Waals surface area contributed by atoms with Gasteiger partial charge in [-0.1, -0.05) is 0 Å². The number of benzene rings is 2. The monoisotopic (exact) mass is 289 g/mol. The molecule has 0 radical (unpaired) electrons. The molecule has 3 N–H and O–H groups in total. The molecule has 7 nitrogen and oxygen atoms in total. The first-order valence-electron chi connectivity index (χ1n) is 6.08. The number of rotatable bonds is 5. The third-order valence-corrected chi connectivity index (χ3v) is 2.91. The van der Waals surface area contributed by atoms with Crippen molar-refractivity contribution in [2.24, 2.45) is 0 Å². The predicted octanol–water partition coefficient (Wildman–Crippen LogP) is 2.94. The molecule has 0 spiro atoms. The van der Waals surface area contributed by atoms with Gasteiger partial charge in [0.1, 0.15) is 17.2 Å². The first-order valence-corrected chi connectivity index (χ1v) is 6.08. The van der Waals surface area contributed by atoms with Gasteiger partial charge in [0, 0.05) is 17.8 Å². The number of nitro groups is 1. The molecule has 21 heavy (non-hydrogen) atoms. The molecule has 2 rings (SSSR count). The third kappa shape index (κ3) is 3.14. The summed E-state index contributed by atoms with van der Waals surface area (Å²) in [5.41, 5.74) is 6.91. The van der Waals surface area contributed by atoms with Crippen LogP contribution in [0, 0.1) is 10.1 Å². The van der Waals surface area contributed by atoms with Crippen LogP contribution in [0.25, 0.3) is 0 Å². The van der Waals surface area contributed by atoms with Gasteiger partial charge in [-0.15, -0.1) is 0 Å². The normalized spacial score (nSPS) is 10.0. The minimum absolute atomic E-state index is 0.0897. The van der Waals surface area contributed by atoms with E-state index in [1.54, 1.807) is 38.5 Å². The van der Waals surface area contributed by atoms with Crippen LogP contribution in [-0.2, 0) is 0 Å². The molecule has 0 unspecified atom stereocenters. The quantitative estimate of drug-likeness (QED) is 0.498. The maximum absolute atomic E-state index is 10.7. The fourth-order valence-electron chi connectivity index (χ4n) is 1.87. The summed E-state index contributed by atoms with van der Waals surface area (Å²) in [6, 6.07) is 9.72. The van der Waals surface area contributed by atoms with E-state index < -0.39 is 4.92 Å². The van der Waals surface area contributed by atoms with Crippen LogP contribution in [0.3, 0.4) is 0 Å². The van der Waals surface area contributed by atoms with E-state index in [1.165, 1.54) is 12.1 Å². The molecular formula is C14H15N3O4. The third-order valence-electron chi connectivity index (χ3n) is 2.91. The first kappa shape index (κ1) is 14.4. The molecule has 0 saturated carbocycles. The summed E-state index contributed by atoms with van der Waals surface area (Å²) >= 11 is 0. The Labute approximate surface area is 121 Å². The highest BCUT2D eigenvalue weighted by atomic mass is 16.6. The molecule has 0 aliphatic carbocycles. The minimum Gasteiger partial charge on any atom is -0.497 e. The van der Waals surface area contributed by atoms with Crippen LogP contribution >= 0.6 is 0 Å². The Morgan fingerprint density at radius 2 is 1.90 bits per heavy atom. The van der Waals surface area contributed by atoms with Gasteiger partial charge < -0.3 is 20.5 Å². The maximum atomic E-state index is 10.7. The Bertz CT molecular complexity index is 673. The Morgan fingerprint density at radius 1 is 1.14 bits per heavy atom. The molecule has 0 atom stereocenters. The molecule has 0 bridgehead atoms. The number of hydrogen-bond donors (Lipinski definition) is 2. The van der Waals surface area contributed by atoms with Gasteiger partial charge in [-0.2, -0.15) is 0 Å². The van der Waals surface area contributed by atoms with Crippen molar-refractivity contribution >= 4 is 22.7 Å². The van der Waals surface area contributed by atoms with E-state index in [0.29, 0.717) is 22.9 Å². The van der Waals surface area contributed by atoms with E-state index in [4.69, 9.17) is 15.2 Å². The number of nitrogens with one attached hydrogen (secondary N) is 1. The molecule has 7 heteroatoms. The second-order valence-corrected chi connectivity index (χ2v) is 4.22. The molecule has 0 fully saturated rings. The van der Waals surface area contributed by atoms with Gasteiger partial charge in [-0.3, -0.25) is 10.1 Å². The van der Waals surface area contributed by atoms with Crippen LogP contribution < -0.4 is 20.5 Å². The Kier molecular flexibility index (Phi) is 4.13. The second-order valence-electron chi connectivity index (χ2n) is 4.22. The highest BCUT2D eigenvalue weighted by Crippen LogP contribution is 2.33. The van der Waals surface area contributed by atoms with Crippen molar-refractivity contribution < 1.29 is 14.4 Å². The summed E-state index contributed by atoms with van der Waals surface area (Å²) in [4.78, 5) is 10.2. The molecule has 0 aliphatic rings. The van der Waals surface area contributed by atoms with E-state index in [1.807, 2.05) is 0 Å². The number of anilines is 3. The number of nitrogens with zero attached hydrogens (tertiary/aromatic N) is 1.